The van der Waals surface area contributed by atoms with E-state index in [9.17, 15) is 9.59 Å². The average molecular weight is 290 g/mol. The number of aromatic nitrogens is 2. The molecule has 1 aromatic heterocycles. The summed E-state index contributed by atoms with van der Waals surface area (Å²) in [6, 6.07) is 6.24. The van der Waals surface area contributed by atoms with Crippen LogP contribution in [0.4, 0.5) is 0 Å². The molecule has 2 rings (SSSR count). The molecule has 21 heavy (non-hydrogen) atoms. The molecule has 0 unspecified atom stereocenters. The molecular formula is C14H14N2O5. The predicted molar refractivity (Wildman–Crippen MR) is 74.6 cm³/mol. The zero-order valence-corrected chi connectivity index (χ0v) is 11.8. The third-order valence-corrected chi connectivity index (χ3v) is 2.93. The first-order valence-corrected chi connectivity index (χ1v) is 6.04. The van der Waals surface area contributed by atoms with Crippen LogP contribution in [-0.4, -0.2) is 35.1 Å². The fourth-order valence-electron chi connectivity index (χ4n) is 1.90. The molecule has 1 aromatic carbocycles. The number of methoxy groups -OCH3 is 2. The van der Waals surface area contributed by atoms with Crippen LogP contribution in [0.3, 0.4) is 0 Å². The number of ether oxygens (including phenoxy) is 2. The Hall–Kier alpha value is -2.83. The summed E-state index contributed by atoms with van der Waals surface area (Å²) in [4.78, 5) is 22.7. The number of rotatable bonds is 4. The zero-order valence-electron chi connectivity index (χ0n) is 11.8. The summed E-state index contributed by atoms with van der Waals surface area (Å²) in [7, 11) is 3.01. The molecule has 2 aromatic rings. The molecular weight excluding hydrogens is 276 g/mol. The van der Waals surface area contributed by atoms with Gasteiger partial charge in [0, 0.05) is 17.8 Å². The van der Waals surface area contributed by atoms with Gasteiger partial charge in [-0.1, -0.05) is 0 Å². The molecule has 0 aliphatic rings. The van der Waals surface area contributed by atoms with E-state index < -0.39 is 17.1 Å². The van der Waals surface area contributed by atoms with Crippen molar-refractivity contribution in [2.75, 3.05) is 14.2 Å². The number of benzene rings is 1. The fraction of sp³-hybridized carbons (Fsp3) is 0.214. The maximum atomic E-state index is 11.6. The molecule has 110 valence electrons. The second-order valence-corrected chi connectivity index (χ2v) is 4.25. The van der Waals surface area contributed by atoms with E-state index in [1.54, 1.807) is 25.1 Å². The first kappa shape index (κ1) is 14.6. The molecule has 0 aliphatic carbocycles. The fourth-order valence-corrected chi connectivity index (χ4v) is 1.90. The molecule has 0 amide bonds. The minimum Gasteiger partial charge on any atom is -0.497 e. The number of aromatic carboxylic acids is 1. The number of carboxylic acids is 1. The Morgan fingerprint density at radius 1 is 1.24 bits per heavy atom. The molecule has 0 spiro atoms. The van der Waals surface area contributed by atoms with E-state index in [0.717, 1.165) is 0 Å². The quantitative estimate of drug-likeness (QED) is 0.911. The second kappa shape index (κ2) is 5.66. The summed E-state index contributed by atoms with van der Waals surface area (Å²) in [5.41, 5.74) is -0.172. The minimum atomic E-state index is -1.37. The molecule has 0 radical (unpaired) electrons. The maximum absolute atomic E-state index is 11.6. The Balaban J connectivity index is 2.69. The van der Waals surface area contributed by atoms with Crippen LogP contribution in [0.15, 0.2) is 29.1 Å². The highest BCUT2D eigenvalue weighted by molar-refractivity contribution is 5.85. The molecule has 0 fully saturated rings. The first-order valence-electron chi connectivity index (χ1n) is 6.04. The van der Waals surface area contributed by atoms with Gasteiger partial charge in [-0.3, -0.25) is 4.79 Å². The number of carbonyl (C=O) groups is 1. The Morgan fingerprint density at radius 3 is 2.52 bits per heavy atom. The van der Waals surface area contributed by atoms with Crippen molar-refractivity contribution in [3.63, 3.8) is 0 Å². The molecule has 0 saturated carbocycles. The lowest BCUT2D eigenvalue weighted by molar-refractivity contribution is 0.0686. The van der Waals surface area contributed by atoms with Gasteiger partial charge in [0.05, 0.1) is 14.2 Å². The van der Waals surface area contributed by atoms with Crippen molar-refractivity contribution in [3.05, 3.63) is 45.9 Å². The lowest BCUT2D eigenvalue weighted by Crippen LogP contribution is -2.22. The van der Waals surface area contributed by atoms with E-state index in [2.05, 4.69) is 5.10 Å². The van der Waals surface area contributed by atoms with Crippen molar-refractivity contribution in [2.24, 2.45) is 0 Å². The maximum Gasteiger partial charge on any atom is 0.360 e. The lowest BCUT2D eigenvalue weighted by atomic mass is 10.2. The number of nitrogens with zero attached hydrogens (tertiary/aromatic N) is 2. The SMILES string of the molecule is COc1ccc(-n2nc(C(=O)O)c(=O)cc2C)c(OC)c1. The molecule has 0 saturated heterocycles. The smallest absolute Gasteiger partial charge is 0.360 e. The van der Waals surface area contributed by atoms with Crippen LogP contribution in [0.2, 0.25) is 0 Å². The van der Waals surface area contributed by atoms with Gasteiger partial charge >= 0.3 is 5.97 Å². The largest absolute Gasteiger partial charge is 0.497 e. The summed E-state index contributed by atoms with van der Waals surface area (Å²) in [5, 5.41) is 12.9. The molecule has 0 aliphatic heterocycles. The highest BCUT2D eigenvalue weighted by Gasteiger charge is 2.16. The van der Waals surface area contributed by atoms with E-state index in [1.807, 2.05) is 0 Å². The first-order chi connectivity index (χ1) is 9.97. The van der Waals surface area contributed by atoms with Crippen LogP contribution in [0.1, 0.15) is 16.2 Å². The normalized spacial score (nSPS) is 10.2. The summed E-state index contributed by atoms with van der Waals surface area (Å²) >= 11 is 0. The van der Waals surface area contributed by atoms with E-state index in [-0.39, 0.29) is 0 Å². The van der Waals surface area contributed by atoms with Crippen molar-refractivity contribution in [1.82, 2.24) is 9.78 Å². The van der Waals surface area contributed by atoms with Crippen molar-refractivity contribution in [3.8, 4) is 17.2 Å². The van der Waals surface area contributed by atoms with Crippen LogP contribution in [0.25, 0.3) is 5.69 Å². The molecule has 1 N–H and O–H groups in total. The Kier molecular flexibility index (Phi) is 3.93. The van der Waals surface area contributed by atoms with Crippen LogP contribution < -0.4 is 14.9 Å². The standard InChI is InChI=1S/C14H14N2O5/c1-8-6-11(17)13(14(18)19)15-16(8)10-5-4-9(20-2)7-12(10)21-3/h4-7H,1-3H3,(H,18,19). The monoisotopic (exact) mass is 290 g/mol. The Morgan fingerprint density at radius 2 is 1.95 bits per heavy atom. The molecule has 1 heterocycles. The van der Waals surface area contributed by atoms with E-state index in [0.29, 0.717) is 22.9 Å². The highest BCUT2D eigenvalue weighted by Crippen LogP contribution is 2.27. The van der Waals surface area contributed by atoms with E-state index >= 15 is 0 Å². The van der Waals surface area contributed by atoms with Crippen LogP contribution >= 0.6 is 0 Å². The van der Waals surface area contributed by atoms with Gasteiger partial charge in [-0.05, 0) is 19.1 Å². The molecule has 7 nitrogen and oxygen atoms in total. The third kappa shape index (κ3) is 2.71. The summed E-state index contributed by atoms with van der Waals surface area (Å²) < 4.78 is 11.7. The minimum absolute atomic E-state index is 0.449. The van der Waals surface area contributed by atoms with Gasteiger partial charge in [0.25, 0.3) is 0 Å². The molecule has 0 bridgehead atoms. The van der Waals surface area contributed by atoms with Crippen molar-refractivity contribution < 1.29 is 19.4 Å². The molecule has 0 atom stereocenters. The Labute approximate surface area is 120 Å². The zero-order chi connectivity index (χ0) is 15.6. The van der Waals surface area contributed by atoms with Gasteiger partial charge in [-0.15, -0.1) is 0 Å². The van der Waals surface area contributed by atoms with Gasteiger partial charge in [0.1, 0.15) is 17.2 Å². The third-order valence-electron chi connectivity index (χ3n) is 2.93. The van der Waals surface area contributed by atoms with Crippen molar-refractivity contribution >= 4 is 5.97 Å². The van der Waals surface area contributed by atoms with Crippen LogP contribution in [0, 0.1) is 6.92 Å². The number of aryl methyl sites for hydroxylation is 1. The number of carboxylic acid groups (broad SMARTS) is 1. The van der Waals surface area contributed by atoms with Crippen LogP contribution in [-0.2, 0) is 0 Å². The highest BCUT2D eigenvalue weighted by atomic mass is 16.5. The predicted octanol–water partition coefficient (Wildman–Crippen LogP) is 1.26. The summed E-state index contributed by atoms with van der Waals surface area (Å²) in [6.45, 7) is 1.66. The lowest BCUT2D eigenvalue weighted by Gasteiger charge is -2.14. The van der Waals surface area contributed by atoms with Crippen molar-refractivity contribution in [2.45, 2.75) is 6.92 Å². The van der Waals surface area contributed by atoms with Gasteiger partial charge in [-0.25, -0.2) is 9.48 Å². The topological polar surface area (TPSA) is 90.7 Å². The Bertz CT molecular complexity index is 752. The van der Waals surface area contributed by atoms with E-state index in [1.165, 1.54) is 25.0 Å². The van der Waals surface area contributed by atoms with Gasteiger partial charge < -0.3 is 14.6 Å². The average Bonchev–Trinajstić information content (AvgIpc) is 2.46. The van der Waals surface area contributed by atoms with Crippen LogP contribution in [0.5, 0.6) is 11.5 Å². The van der Waals surface area contributed by atoms with Gasteiger partial charge in [-0.2, -0.15) is 5.10 Å². The van der Waals surface area contributed by atoms with Gasteiger partial charge in [0.2, 0.25) is 11.1 Å². The molecule has 7 heteroatoms. The second-order valence-electron chi connectivity index (χ2n) is 4.25. The summed E-state index contributed by atoms with van der Waals surface area (Å²) in [5.74, 6) is -0.334. The number of hydrogen-bond donors (Lipinski definition) is 1. The number of hydrogen-bond acceptors (Lipinski definition) is 5. The summed E-state index contributed by atoms with van der Waals surface area (Å²) in [6.07, 6.45) is 0. The van der Waals surface area contributed by atoms with E-state index in [4.69, 9.17) is 14.6 Å². The van der Waals surface area contributed by atoms with Crippen molar-refractivity contribution in [1.29, 1.82) is 0 Å². The van der Waals surface area contributed by atoms with Gasteiger partial charge in [0.15, 0.2) is 0 Å².